The van der Waals surface area contributed by atoms with Gasteiger partial charge in [-0.2, -0.15) is 0 Å². The molecule has 3 rings (SSSR count). The standard InChI is InChI=1S/C20H23N3O/c1-23(2)17-12-10-16(11-13-17)22-20(24)9-5-6-15-14-21-19-8-4-3-7-18(15)19/h3-4,7-8,10-14,21H,5-6,9H2,1-2H3,(H,22,24). The van der Waals surface area contributed by atoms with Crippen LogP contribution in [0.3, 0.4) is 0 Å². The van der Waals surface area contributed by atoms with Crippen molar-refractivity contribution >= 4 is 28.2 Å². The van der Waals surface area contributed by atoms with Crippen molar-refractivity contribution in [2.24, 2.45) is 0 Å². The highest BCUT2D eigenvalue weighted by Crippen LogP contribution is 2.20. The Bertz CT molecular complexity index is 818. The van der Waals surface area contributed by atoms with Gasteiger partial charge in [-0.25, -0.2) is 0 Å². The van der Waals surface area contributed by atoms with Gasteiger partial charge in [0, 0.05) is 49.0 Å². The lowest BCUT2D eigenvalue weighted by Gasteiger charge is -2.13. The van der Waals surface area contributed by atoms with E-state index in [0.29, 0.717) is 6.42 Å². The van der Waals surface area contributed by atoms with Crippen LogP contribution in [0.2, 0.25) is 0 Å². The molecule has 0 bridgehead atoms. The number of carbonyl (C=O) groups is 1. The largest absolute Gasteiger partial charge is 0.378 e. The number of aryl methyl sites for hydroxylation is 1. The van der Waals surface area contributed by atoms with Gasteiger partial charge in [0.2, 0.25) is 5.91 Å². The van der Waals surface area contributed by atoms with E-state index >= 15 is 0 Å². The van der Waals surface area contributed by atoms with Gasteiger partial charge in [0.05, 0.1) is 0 Å². The van der Waals surface area contributed by atoms with Gasteiger partial charge < -0.3 is 15.2 Å². The summed E-state index contributed by atoms with van der Waals surface area (Å²) in [6, 6.07) is 16.1. The molecule has 0 saturated heterocycles. The number of anilines is 2. The maximum absolute atomic E-state index is 12.1. The molecule has 4 nitrogen and oxygen atoms in total. The summed E-state index contributed by atoms with van der Waals surface area (Å²) in [6.07, 6.45) is 4.30. The number of benzene rings is 2. The van der Waals surface area contributed by atoms with Crippen LogP contribution >= 0.6 is 0 Å². The van der Waals surface area contributed by atoms with E-state index in [1.807, 2.05) is 61.6 Å². The van der Waals surface area contributed by atoms with E-state index in [-0.39, 0.29) is 5.91 Å². The van der Waals surface area contributed by atoms with Gasteiger partial charge in [-0.3, -0.25) is 4.79 Å². The summed E-state index contributed by atoms with van der Waals surface area (Å²) >= 11 is 0. The molecule has 0 aliphatic heterocycles. The summed E-state index contributed by atoms with van der Waals surface area (Å²) in [5.41, 5.74) is 4.39. The van der Waals surface area contributed by atoms with E-state index in [9.17, 15) is 4.79 Å². The van der Waals surface area contributed by atoms with Crippen LogP contribution in [-0.2, 0) is 11.2 Å². The summed E-state index contributed by atoms with van der Waals surface area (Å²) in [6.45, 7) is 0. The molecule has 2 aromatic carbocycles. The van der Waals surface area contributed by atoms with E-state index in [1.165, 1.54) is 10.9 Å². The Morgan fingerprint density at radius 3 is 2.58 bits per heavy atom. The zero-order chi connectivity index (χ0) is 16.9. The van der Waals surface area contributed by atoms with Gasteiger partial charge >= 0.3 is 0 Å². The van der Waals surface area contributed by atoms with Gasteiger partial charge in [0.1, 0.15) is 0 Å². The lowest BCUT2D eigenvalue weighted by Crippen LogP contribution is -2.12. The Morgan fingerprint density at radius 1 is 1.08 bits per heavy atom. The number of rotatable bonds is 6. The van der Waals surface area contributed by atoms with Crippen molar-refractivity contribution in [3.63, 3.8) is 0 Å². The van der Waals surface area contributed by atoms with E-state index in [0.717, 1.165) is 29.7 Å². The molecule has 1 heterocycles. The van der Waals surface area contributed by atoms with Crippen molar-refractivity contribution in [3.05, 3.63) is 60.3 Å². The topological polar surface area (TPSA) is 48.1 Å². The summed E-state index contributed by atoms with van der Waals surface area (Å²) in [5, 5.41) is 4.21. The number of nitrogens with zero attached hydrogens (tertiary/aromatic N) is 1. The zero-order valence-electron chi connectivity index (χ0n) is 14.2. The number of aromatic amines is 1. The third-order valence-corrected chi connectivity index (χ3v) is 4.19. The number of para-hydroxylation sites is 1. The number of carbonyl (C=O) groups excluding carboxylic acids is 1. The molecule has 0 spiro atoms. The number of H-pyrrole nitrogens is 1. The predicted molar refractivity (Wildman–Crippen MR) is 101 cm³/mol. The van der Waals surface area contributed by atoms with Crippen LogP contribution in [-0.4, -0.2) is 25.0 Å². The highest BCUT2D eigenvalue weighted by molar-refractivity contribution is 5.91. The normalized spacial score (nSPS) is 10.8. The number of hydrogen-bond donors (Lipinski definition) is 2. The highest BCUT2D eigenvalue weighted by Gasteiger charge is 2.06. The number of fused-ring (bicyclic) bond motifs is 1. The number of nitrogens with one attached hydrogen (secondary N) is 2. The van der Waals surface area contributed by atoms with Gasteiger partial charge in [-0.1, -0.05) is 18.2 Å². The molecule has 0 radical (unpaired) electrons. The first kappa shape index (κ1) is 16.1. The fraction of sp³-hybridized carbons (Fsp3) is 0.250. The van der Waals surface area contributed by atoms with Gasteiger partial charge in [0.15, 0.2) is 0 Å². The van der Waals surface area contributed by atoms with Crippen LogP contribution < -0.4 is 10.2 Å². The molecule has 4 heteroatoms. The van der Waals surface area contributed by atoms with Crippen LogP contribution in [0, 0.1) is 0 Å². The third-order valence-electron chi connectivity index (χ3n) is 4.19. The van der Waals surface area contributed by atoms with E-state index in [1.54, 1.807) is 0 Å². The summed E-state index contributed by atoms with van der Waals surface area (Å²) < 4.78 is 0. The molecule has 24 heavy (non-hydrogen) atoms. The molecule has 2 N–H and O–H groups in total. The fourth-order valence-electron chi connectivity index (χ4n) is 2.84. The van der Waals surface area contributed by atoms with Crippen LogP contribution in [0.5, 0.6) is 0 Å². The van der Waals surface area contributed by atoms with Crippen LogP contribution in [0.25, 0.3) is 10.9 Å². The van der Waals surface area contributed by atoms with E-state index in [4.69, 9.17) is 0 Å². The second-order valence-corrected chi connectivity index (χ2v) is 6.20. The van der Waals surface area contributed by atoms with Gasteiger partial charge in [-0.15, -0.1) is 0 Å². The van der Waals surface area contributed by atoms with Crippen LogP contribution in [0.1, 0.15) is 18.4 Å². The summed E-state index contributed by atoms with van der Waals surface area (Å²) in [5.74, 6) is 0.0624. The molecule has 3 aromatic rings. The highest BCUT2D eigenvalue weighted by atomic mass is 16.1. The van der Waals surface area contributed by atoms with Crippen molar-refractivity contribution in [3.8, 4) is 0 Å². The van der Waals surface area contributed by atoms with E-state index < -0.39 is 0 Å². The van der Waals surface area contributed by atoms with Crippen molar-refractivity contribution in [2.75, 3.05) is 24.3 Å². The number of aromatic nitrogens is 1. The maximum atomic E-state index is 12.1. The smallest absolute Gasteiger partial charge is 0.224 e. The van der Waals surface area contributed by atoms with Crippen molar-refractivity contribution < 1.29 is 4.79 Å². The molecular weight excluding hydrogens is 298 g/mol. The third kappa shape index (κ3) is 3.77. The minimum absolute atomic E-state index is 0.0624. The minimum Gasteiger partial charge on any atom is -0.378 e. The van der Waals surface area contributed by atoms with Gasteiger partial charge in [0.25, 0.3) is 0 Å². The van der Waals surface area contributed by atoms with Crippen molar-refractivity contribution in [2.45, 2.75) is 19.3 Å². The number of hydrogen-bond acceptors (Lipinski definition) is 2. The second kappa shape index (κ2) is 7.21. The van der Waals surface area contributed by atoms with Crippen LogP contribution in [0.4, 0.5) is 11.4 Å². The van der Waals surface area contributed by atoms with Crippen LogP contribution in [0.15, 0.2) is 54.7 Å². The quantitative estimate of drug-likeness (QED) is 0.715. The first-order chi connectivity index (χ1) is 11.6. The Kier molecular flexibility index (Phi) is 4.85. The molecule has 124 valence electrons. The summed E-state index contributed by atoms with van der Waals surface area (Å²) in [7, 11) is 4.00. The molecule has 0 aliphatic rings. The average molecular weight is 321 g/mol. The predicted octanol–water partition coefficient (Wildman–Crippen LogP) is 4.20. The molecule has 1 aromatic heterocycles. The number of amides is 1. The Balaban J connectivity index is 1.50. The molecular formula is C20H23N3O. The zero-order valence-corrected chi connectivity index (χ0v) is 14.2. The SMILES string of the molecule is CN(C)c1ccc(NC(=O)CCCc2c[nH]c3ccccc23)cc1. The molecule has 0 saturated carbocycles. The van der Waals surface area contributed by atoms with Crippen molar-refractivity contribution in [1.29, 1.82) is 0 Å². The Morgan fingerprint density at radius 2 is 1.83 bits per heavy atom. The lowest BCUT2D eigenvalue weighted by atomic mass is 10.1. The lowest BCUT2D eigenvalue weighted by molar-refractivity contribution is -0.116. The monoisotopic (exact) mass is 321 g/mol. The second-order valence-electron chi connectivity index (χ2n) is 6.20. The molecule has 0 unspecified atom stereocenters. The van der Waals surface area contributed by atoms with E-state index in [2.05, 4.69) is 22.4 Å². The molecule has 0 atom stereocenters. The van der Waals surface area contributed by atoms with Gasteiger partial charge in [-0.05, 0) is 48.7 Å². The molecule has 0 aliphatic carbocycles. The first-order valence-corrected chi connectivity index (χ1v) is 8.26. The maximum Gasteiger partial charge on any atom is 0.224 e. The minimum atomic E-state index is 0.0624. The fourth-order valence-corrected chi connectivity index (χ4v) is 2.84. The average Bonchev–Trinajstić information content (AvgIpc) is 2.99. The summed E-state index contributed by atoms with van der Waals surface area (Å²) in [4.78, 5) is 17.4. The molecule has 1 amide bonds. The molecule has 0 fully saturated rings. The Hall–Kier alpha value is -2.75. The van der Waals surface area contributed by atoms with Crippen molar-refractivity contribution in [1.82, 2.24) is 4.98 Å². The first-order valence-electron chi connectivity index (χ1n) is 8.26. The Labute approximate surface area is 142 Å².